The molecule has 0 amide bonds. The summed E-state index contributed by atoms with van der Waals surface area (Å²) in [5.41, 5.74) is 0. The molecule has 5 nitrogen and oxygen atoms in total. The minimum Gasteiger partial charge on any atom is -0.229 e. The molecule has 18 heavy (non-hydrogen) atoms. The highest BCUT2D eigenvalue weighted by Crippen LogP contribution is 2.25. The standard InChI is InChI=1S/C10H12BrNO4S2/c11-9-3-1-2-4-10(9)18(15,16)12-5-7-17(13,14)8-6-12/h1-4H,5-8H2. The van der Waals surface area contributed by atoms with Gasteiger partial charge in [0, 0.05) is 17.6 Å². The molecule has 0 spiro atoms. The van der Waals surface area contributed by atoms with Crippen LogP contribution in [0.25, 0.3) is 0 Å². The van der Waals surface area contributed by atoms with Crippen molar-refractivity contribution in [2.45, 2.75) is 4.90 Å². The van der Waals surface area contributed by atoms with Gasteiger partial charge in [0.25, 0.3) is 0 Å². The molecule has 0 N–H and O–H groups in total. The first kappa shape index (κ1) is 14.0. The summed E-state index contributed by atoms with van der Waals surface area (Å²) in [5, 5.41) is 0. The van der Waals surface area contributed by atoms with Gasteiger partial charge in [0.15, 0.2) is 9.84 Å². The summed E-state index contributed by atoms with van der Waals surface area (Å²) in [6.07, 6.45) is 0. The molecule has 0 radical (unpaired) electrons. The molecule has 0 saturated carbocycles. The van der Waals surface area contributed by atoms with Gasteiger partial charge in [-0.3, -0.25) is 0 Å². The van der Waals surface area contributed by atoms with E-state index in [-0.39, 0.29) is 29.5 Å². The Bertz CT molecular complexity index is 640. The van der Waals surface area contributed by atoms with Crippen molar-refractivity contribution < 1.29 is 16.8 Å². The van der Waals surface area contributed by atoms with Crippen molar-refractivity contribution in [3.63, 3.8) is 0 Å². The molecule has 0 unspecified atom stereocenters. The van der Waals surface area contributed by atoms with E-state index in [1.54, 1.807) is 18.2 Å². The Morgan fingerprint density at radius 2 is 1.67 bits per heavy atom. The summed E-state index contributed by atoms with van der Waals surface area (Å²) in [6.45, 7) is 0.0397. The molecule has 1 aliphatic rings. The predicted octanol–water partition coefficient (Wildman–Crippen LogP) is 0.868. The number of sulfone groups is 1. The van der Waals surface area contributed by atoms with Gasteiger partial charge in [0.2, 0.25) is 10.0 Å². The smallest absolute Gasteiger partial charge is 0.229 e. The van der Waals surface area contributed by atoms with Crippen LogP contribution in [-0.2, 0) is 19.9 Å². The molecule has 1 aromatic rings. The highest BCUT2D eigenvalue weighted by atomic mass is 79.9. The number of nitrogens with zero attached hydrogens (tertiary/aromatic N) is 1. The van der Waals surface area contributed by atoms with Gasteiger partial charge in [-0.25, -0.2) is 16.8 Å². The summed E-state index contributed by atoms with van der Waals surface area (Å²) in [6, 6.07) is 6.51. The molecule has 100 valence electrons. The normalized spacial score (nSPS) is 20.7. The Morgan fingerprint density at radius 1 is 1.11 bits per heavy atom. The lowest BCUT2D eigenvalue weighted by atomic mass is 10.4. The first-order chi connectivity index (χ1) is 8.33. The van der Waals surface area contributed by atoms with E-state index < -0.39 is 19.9 Å². The van der Waals surface area contributed by atoms with Gasteiger partial charge >= 0.3 is 0 Å². The SMILES string of the molecule is O=S1(=O)CCN(S(=O)(=O)c2ccccc2Br)CC1. The molecule has 0 aliphatic carbocycles. The van der Waals surface area contributed by atoms with Gasteiger partial charge in [-0.1, -0.05) is 12.1 Å². The molecule has 1 aromatic carbocycles. The lowest BCUT2D eigenvalue weighted by Crippen LogP contribution is -2.43. The maximum atomic E-state index is 12.3. The van der Waals surface area contributed by atoms with Crippen LogP contribution in [0, 0.1) is 0 Å². The van der Waals surface area contributed by atoms with Crippen molar-refractivity contribution in [1.82, 2.24) is 4.31 Å². The fraction of sp³-hybridized carbons (Fsp3) is 0.400. The molecule has 2 rings (SSSR count). The minimum absolute atomic E-state index is 0.0198. The van der Waals surface area contributed by atoms with E-state index in [1.165, 1.54) is 10.4 Å². The second-order valence-corrected chi connectivity index (χ2v) is 9.05. The molecule has 0 bridgehead atoms. The average Bonchev–Trinajstić information content (AvgIpc) is 2.28. The number of hydrogen-bond acceptors (Lipinski definition) is 4. The molecule has 1 heterocycles. The number of sulfonamides is 1. The maximum Gasteiger partial charge on any atom is 0.244 e. The molecule has 1 fully saturated rings. The highest BCUT2D eigenvalue weighted by Gasteiger charge is 2.31. The minimum atomic E-state index is -3.62. The van der Waals surface area contributed by atoms with Gasteiger partial charge < -0.3 is 0 Å². The quantitative estimate of drug-likeness (QED) is 0.790. The van der Waals surface area contributed by atoms with Crippen molar-refractivity contribution in [3.05, 3.63) is 28.7 Å². The molecule has 0 aromatic heterocycles. The van der Waals surface area contributed by atoms with Gasteiger partial charge in [-0.15, -0.1) is 0 Å². The zero-order valence-corrected chi connectivity index (χ0v) is 12.6. The Kier molecular flexibility index (Phi) is 3.82. The molecular weight excluding hydrogens is 342 g/mol. The number of benzene rings is 1. The van der Waals surface area contributed by atoms with E-state index in [2.05, 4.69) is 15.9 Å². The third-order valence-corrected chi connectivity index (χ3v) is 7.28. The van der Waals surface area contributed by atoms with Gasteiger partial charge in [0.05, 0.1) is 16.4 Å². The fourth-order valence-electron chi connectivity index (χ4n) is 1.73. The largest absolute Gasteiger partial charge is 0.244 e. The van der Waals surface area contributed by atoms with Crippen molar-refractivity contribution in [2.75, 3.05) is 24.6 Å². The van der Waals surface area contributed by atoms with Crippen LogP contribution in [-0.4, -0.2) is 45.7 Å². The van der Waals surface area contributed by atoms with Crippen LogP contribution in [0.3, 0.4) is 0 Å². The van der Waals surface area contributed by atoms with Crippen molar-refractivity contribution in [3.8, 4) is 0 Å². The Hall–Kier alpha value is -0.440. The van der Waals surface area contributed by atoms with Gasteiger partial charge in [0.1, 0.15) is 0 Å². The fourth-order valence-corrected chi connectivity index (χ4v) is 5.57. The summed E-state index contributed by atoms with van der Waals surface area (Å²) in [4.78, 5) is 0.171. The third-order valence-electron chi connectivity index (χ3n) is 2.76. The van der Waals surface area contributed by atoms with E-state index in [4.69, 9.17) is 0 Å². The monoisotopic (exact) mass is 353 g/mol. The first-order valence-corrected chi connectivity index (χ1v) is 9.33. The second kappa shape index (κ2) is 4.92. The number of rotatable bonds is 2. The predicted molar refractivity (Wildman–Crippen MR) is 71.6 cm³/mol. The van der Waals surface area contributed by atoms with E-state index >= 15 is 0 Å². The Balaban J connectivity index is 2.31. The van der Waals surface area contributed by atoms with E-state index in [1.807, 2.05) is 0 Å². The van der Waals surface area contributed by atoms with Crippen LogP contribution in [0.4, 0.5) is 0 Å². The van der Waals surface area contributed by atoms with E-state index in [0.717, 1.165) is 0 Å². The number of hydrogen-bond donors (Lipinski definition) is 0. The zero-order chi connectivity index (χ0) is 13.4. The highest BCUT2D eigenvalue weighted by molar-refractivity contribution is 9.10. The van der Waals surface area contributed by atoms with Crippen LogP contribution < -0.4 is 0 Å². The molecular formula is C10H12BrNO4S2. The molecule has 0 atom stereocenters. The van der Waals surface area contributed by atoms with Crippen LogP contribution in [0.1, 0.15) is 0 Å². The van der Waals surface area contributed by atoms with Gasteiger partial charge in [-0.2, -0.15) is 4.31 Å². The second-order valence-electron chi connectivity index (χ2n) is 3.99. The van der Waals surface area contributed by atoms with Crippen LogP contribution in [0.5, 0.6) is 0 Å². The van der Waals surface area contributed by atoms with Crippen LogP contribution in [0.2, 0.25) is 0 Å². The Morgan fingerprint density at radius 3 is 2.22 bits per heavy atom. The van der Waals surface area contributed by atoms with Crippen molar-refractivity contribution in [1.29, 1.82) is 0 Å². The average molecular weight is 354 g/mol. The molecule has 8 heteroatoms. The summed E-state index contributed by atoms with van der Waals surface area (Å²) in [7, 11) is -6.71. The zero-order valence-electron chi connectivity index (χ0n) is 9.41. The molecule has 1 aliphatic heterocycles. The maximum absolute atomic E-state index is 12.3. The lowest BCUT2D eigenvalue weighted by Gasteiger charge is -2.26. The van der Waals surface area contributed by atoms with Crippen molar-refractivity contribution >= 4 is 35.8 Å². The Labute approximate surface area is 115 Å². The van der Waals surface area contributed by atoms with E-state index in [0.29, 0.717) is 4.47 Å². The third kappa shape index (κ3) is 2.76. The van der Waals surface area contributed by atoms with E-state index in [9.17, 15) is 16.8 Å². The summed E-state index contributed by atoms with van der Waals surface area (Å²) in [5.74, 6) is -0.229. The summed E-state index contributed by atoms with van der Waals surface area (Å²) >= 11 is 3.20. The lowest BCUT2D eigenvalue weighted by molar-refractivity contribution is 0.430. The van der Waals surface area contributed by atoms with Crippen LogP contribution >= 0.6 is 15.9 Å². The molecule has 1 saturated heterocycles. The van der Waals surface area contributed by atoms with Gasteiger partial charge in [-0.05, 0) is 28.1 Å². The first-order valence-electron chi connectivity index (χ1n) is 5.28. The van der Waals surface area contributed by atoms with Crippen LogP contribution in [0.15, 0.2) is 33.6 Å². The number of halogens is 1. The van der Waals surface area contributed by atoms with Crippen molar-refractivity contribution in [2.24, 2.45) is 0 Å². The summed E-state index contributed by atoms with van der Waals surface area (Å²) < 4.78 is 48.9. The topological polar surface area (TPSA) is 71.5 Å².